The Morgan fingerprint density at radius 1 is 1.23 bits per heavy atom. The summed E-state index contributed by atoms with van der Waals surface area (Å²) in [6, 6.07) is 2.66. The third kappa shape index (κ3) is 3.34. The van der Waals surface area contributed by atoms with Crippen LogP contribution in [0, 0.1) is 5.92 Å². The van der Waals surface area contributed by atoms with Crippen LogP contribution in [0.2, 0.25) is 0 Å². The molecule has 0 radical (unpaired) electrons. The normalized spacial score (nSPS) is 20.0. The van der Waals surface area contributed by atoms with Gasteiger partial charge in [0.05, 0.1) is 5.56 Å². The van der Waals surface area contributed by atoms with Crippen LogP contribution >= 0.6 is 0 Å². The summed E-state index contributed by atoms with van der Waals surface area (Å²) in [4.78, 5) is 17.5. The van der Waals surface area contributed by atoms with Gasteiger partial charge >= 0.3 is 6.18 Å². The summed E-state index contributed by atoms with van der Waals surface area (Å²) in [5.41, 5.74) is -0.712. The van der Waals surface area contributed by atoms with Crippen LogP contribution in [-0.2, 0) is 11.0 Å². The highest BCUT2D eigenvalue weighted by Crippen LogP contribution is 2.36. The highest BCUT2D eigenvalue weighted by molar-refractivity contribution is 5.79. The van der Waals surface area contributed by atoms with Crippen molar-refractivity contribution in [2.24, 2.45) is 5.92 Å². The predicted molar refractivity (Wildman–Crippen MR) is 75.3 cm³/mol. The first-order valence-electron chi connectivity index (χ1n) is 7.52. The van der Waals surface area contributed by atoms with Crippen molar-refractivity contribution in [2.75, 3.05) is 18.0 Å². The van der Waals surface area contributed by atoms with E-state index in [9.17, 15) is 18.0 Å². The molecule has 1 aliphatic heterocycles. The van der Waals surface area contributed by atoms with Crippen LogP contribution in [0.1, 0.15) is 31.2 Å². The molecule has 1 saturated heterocycles. The van der Waals surface area contributed by atoms with Gasteiger partial charge in [-0.3, -0.25) is 4.79 Å². The molecule has 0 aromatic carbocycles. The Hall–Kier alpha value is -1.79. The summed E-state index contributed by atoms with van der Waals surface area (Å²) in [6.07, 6.45) is 0.153. The molecule has 2 fully saturated rings. The lowest BCUT2D eigenvalue weighted by molar-refractivity contribution is -0.137. The number of rotatable bonds is 3. The predicted octanol–water partition coefficient (Wildman–Crippen LogP) is 2.60. The zero-order chi connectivity index (χ0) is 15.7. The minimum atomic E-state index is -4.41. The molecule has 0 bridgehead atoms. The first-order chi connectivity index (χ1) is 10.4. The second-order valence-electron chi connectivity index (χ2n) is 5.92. The van der Waals surface area contributed by atoms with Gasteiger partial charge in [0.1, 0.15) is 5.82 Å². The molecule has 7 heteroatoms. The van der Waals surface area contributed by atoms with E-state index in [1.54, 1.807) is 4.90 Å². The lowest BCUT2D eigenvalue weighted by Gasteiger charge is -2.33. The fourth-order valence-corrected chi connectivity index (χ4v) is 2.77. The van der Waals surface area contributed by atoms with Gasteiger partial charge in [-0.05, 0) is 37.8 Å². The van der Waals surface area contributed by atoms with E-state index in [1.807, 2.05) is 0 Å². The molecule has 1 aromatic rings. The fourth-order valence-electron chi connectivity index (χ4n) is 2.77. The molecule has 2 heterocycles. The standard InChI is InChI=1S/C15H18F3N3O/c16-15(17,18)12-2-1-7-19-13(12)21-8-5-10(6-9-21)14(22)20-11-3-4-11/h1-2,7,10-11H,3-6,8-9H2,(H,20,22). The highest BCUT2D eigenvalue weighted by atomic mass is 19.4. The topological polar surface area (TPSA) is 45.2 Å². The first-order valence-corrected chi connectivity index (χ1v) is 7.52. The molecule has 0 unspecified atom stereocenters. The fraction of sp³-hybridized carbons (Fsp3) is 0.600. The number of halogens is 3. The molecular weight excluding hydrogens is 295 g/mol. The molecule has 22 heavy (non-hydrogen) atoms. The number of aromatic nitrogens is 1. The van der Waals surface area contributed by atoms with Crippen LogP contribution in [0.15, 0.2) is 18.3 Å². The van der Waals surface area contributed by atoms with Crippen molar-refractivity contribution in [3.63, 3.8) is 0 Å². The molecule has 1 aromatic heterocycles. The lowest BCUT2D eigenvalue weighted by atomic mass is 9.95. The number of nitrogens with one attached hydrogen (secondary N) is 1. The van der Waals surface area contributed by atoms with Crippen LogP contribution in [0.5, 0.6) is 0 Å². The molecule has 120 valence electrons. The quantitative estimate of drug-likeness (QED) is 0.933. The monoisotopic (exact) mass is 313 g/mol. The number of carbonyl (C=O) groups excluding carboxylic acids is 1. The van der Waals surface area contributed by atoms with Crippen LogP contribution < -0.4 is 10.2 Å². The molecule has 0 atom stereocenters. The third-order valence-electron chi connectivity index (χ3n) is 4.18. The van der Waals surface area contributed by atoms with E-state index in [0.29, 0.717) is 32.0 Å². The average Bonchev–Trinajstić information content (AvgIpc) is 3.30. The Balaban J connectivity index is 1.65. The minimum Gasteiger partial charge on any atom is -0.356 e. The largest absolute Gasteiger partial charge is 0.419 e. The van der Waals surface area contributed by atoms with Gasteiger partial charge < -0.3 is 10.2 Å². The molecule has 1 amide bonds. The first kappa shape index (κ1) is 15.1. The van der Waals surface area contributed by atoms with E-state index >= 15 is 0 Å². The zero-order valence-corrected chi connectivity index (χ0v) is 12.1. The number of hydrogen-bond acceptors (Lipinski definition) is 3. The van der Waals surface area contributed by atoms with Gasteiger partial charge in [-0.2, -0.15) is 13.2 Å². The van der Waals surface area contributed by atoms with E-state index in [0.717, 1.165) is 18.9 Å². The number of nitrogens with zero attached hydrogens (tertiary/aromatic N) is 2. The van der Waals surface area contributed by atoms with Crippen molar-refractivity contribution in [3.05, 3.63) is 23.9 Å². The molecular formula is C15H18F3N3O. The highest BCUT2D eigenvalue weighted by Gasteiger charge is 2.37. The number of alkyl halides is 3. The summed E-state index contributed by atoms with van der Waals surface area (Å²) in [6.45, 7) is 0.839. The number of pyridine rings is 1. The minimum absolute atomic E-state index is 0.0314. The van der Waals surface area contributed by atoms with E-state index < -0.39 is 11.7 Å². The van der Waals surface area contributed by atoms with Crippen molar-refractivity contribution in [3.8, 4) is 0 Å². The Labute approximate surface area is 126 Å². The average molecular weight is 313 g/mol. The second-order valence-corrected chi connectivity index (χ2v) is 5.92. The number of anilines is 1. The van der Waals surface area contributed by atoms with Crippen LogP contribution in [-0.4, -0.2) is 30.0 Å². The van der Waals surface area contributed by atoms with Crippen molar-refractivity contribution in [1.82, 2.24) is 10.3 Å². The molecule has 4 nitrogen and oxygen atoms in total. The number of amides is 1. The molecule has 0 spiro atoms. The summed E-state index contributed by atoms with van der Waals surface area (Å²) in [7, 11) is 0. The molecule has 1 saturated carbocycles. The van der Waals surface area contributed by atoms with Gasteiger partial charge in [-0.15, -0.1) is 0 Å². The molecule has 1 N–H and O–H groups in total. The van der Waals surface area contributed by atoms with Gasteiger partial charge in [-0.1, -0.05) is 0 Å². The van der Waals surface area contributed by atoms with E-state index in [2.05, 4.69) is 10.3 Å². The van der Waals surface area contributed by atoms with E-state index in [4.69, 9.17) is 0 Å². The summed E-state index contributed by atoms with van der Waals surface area (Å²) in [5.74, 6) is -0.0924. The second kappa shape index (κ2) is 5.78. The zero-order valence-electron chi connectivity index (χ0n) is 12.1. The van der Waals surface area contributed by atoms with E-state index in [-0.39, 0.29) is 17.6 Å². The third-order valence-corrected chi connectivity index (χ3v) is 4.18. The smallest absolute Gasteiger partial charge is 0.356 e. The van der Waals surface area contributed by atoms with Gasteiger partial charge in [0, 0.05) is 31.2 Å². The van der Waals surface area contributed by atoms with Gasteiger partial charge in [0.25, 0.3) is 0 Å². The maximum atomic E-state index is 13.0. The van der Waals surface area contributed by atoms with Gasteiger partial charge in [-0.25, -0.2) is 4.98 Å². The Morgan fingerprint density at radius 2 is 1.91 bits per heavy atom. The lowest BCUT2D eigenvalue weighted by Crippen LogP contribution is -2.42. The molecule has 2 aliphatic rings. The van der Waals surface area contributed by atoms with Crippen LogP contribution in [0.25, 0.3) is 0 Å². The number of piperidine rings is 1. The van der Waals surface area contributed by atoms with Crippen molar-refractivity contribution < 1.29 is 18.0 Å². The van der Waals surface area contributed by atoms with Crippen LogP contribution in [0.4, 0.5) is 19.0 Å². The van der Waals surface area contributed by atoms with Gasteiger partial charge in [0.15, 0.2) is 0 Å². The Morgan fingerprint density at radius 3 is 2.50 bits per heavy atom. The number of hydrogen-bond donors (Lipinski definition) is 1. The van der Waals surface area contributed by atoms with Crippen molar-refractivity contribution >= 4 is 11.7 Å². The molecule has 1 aliphatic carbocycles. The summed E-state index contributed by atoms with van der Waals surface area (Å²) < 4.78 is 39.1. The van der Waals surface area contributed by atoms with Gasteiger partial charge in [0.2, 0.25) is 5.91 Å². The summed E-state index contributed by atoms with van der Waals surface area (Å²) in [5, 5.41) is 2.96. The van der Waals surface area contributed by atoms with E-state index in [1.165, 1.54) is 12.3 Å². The van der Waals surface area contributed by atoms with Crippen LogP contribution in [0.3, 0.4) is 0 Å². The Bertz CT molecular complexity index is 549. The molecule has 3 rings (SSSR count). The Kier molecular flexibility index (Phi) is 3.97. The maximum Gasteiger partial charge on any atom is 0.419 e. The van der Waals surface area contributed by atoms with Crippen molar-refractivity contribution in [1.29, 1.82) is 0 Å². The SMILES string of the molecule is O=C(NC1CC1)C1CCN(c2ncccc2C(F)(F)F)CC1. The summed E-state index contributed by atoms with van der Waals surface area (Å²) >= 11 is 0. The van der Waals surface area contributed by atoms with Crippen molar-refractivity contribution in [2.45, 2.75) is 37.9 Å². The number of carbonyl (C=O) groups is 1. The maximum absolute atomic E-state index is 13.0.